The molecule has 1 aromatic heterocycles. The maximum absolute atomic E-state index is 12.0. The van der Waals surface area contributed by atoms with E-state index in [2.05, 4.69) is 29.0 Å². The number of rotatable bonds is 6. The minimum Gasteiger partial charge on any atom is -0.350 e. The summed E-state index contributed by atoms with van der Waals surface area (Å²) < 4.78 is 0. The summed E-state index contributed by atoms with van der Waals surface area (Å²) in [7, 11) is 4.05. The van der Waals surface area contributed by atoms with Crippen LogP contribution in [0.3, 0.4) is 0 Å². The highest BCUT2D eigenvalue weighted by Gasteiger charge is 2.16. The van der Waals surface area contributed by atoms with Gasteiger partial charge in [0.2, 0.25) is 0 Å². The van der Waals surface area contributed by atoms with Crippen LogP contribution in [0.5, 0.6) is 0 Å². The molecule has 1 N–H and O–H groups in total. The largest absolute Gasteiger partial charge is 0.350 e. The number of pyridine rings is 1. The molecule has 1 atom stereocenters. The number of carbonyl (C=O) groups excluding carboxylic acids is 1. The number of halogens is 1. The smallest absolute Gasteiger partial charge is 0.252 e. The quantitative estimate of drug-likeness (QED) is 0.872. The molecule has 4 nitrogen and oxygen atoms in total. The average Bonchev–Trinajstić information content (AvgIpc) is 2.34. The highest BCUT2D eigenvalue weighted by Crippen LogP contribution is 2.13. The fraction of sp³-hybridized carbons (Fsp3) is 0.571. The van der Waals surface area contributed by atoms with Crippen molar-refractivity contribution in [3.05, 3.63) is 29.0 Å². The molecule has 0 spiro atoms. The van der Waals surface area contributed by atoms with Gasteiger partial charge in [0.15, 0.2) is 0 Å². The first-order chi connectivity index (χ1) is 8.91. The van der Waals surface area contributed by atoms with Crippen LogP contribution in [-0.2, 0) is 0 Å². The van der Waals surface area contributed by atoms with Crippen LogP contribution in [0.2, 0.25) is 5.02 Å². The summed E-state index contributed by atoms with van der Waals surface area (Å²) in [6.07, 6.45) is 4.09. The van der Waals surface area contributed by atoms with Gasteiger partial charge in [0.1, 0.15) is 0 Å². The first-order valence-electron chi connectivity index (χ1n) is 6.46. The normalized spacial score (nSPS) is 12.8. The van der Waals surface area contributed by atoms with Crippen LogP contribution in [0, 0.1) is 5.92 Å². The van der Waals surface area contributed by atoms with Crippen LogP contribution < -0.4 is 5.32 Å². The molecule has 0 fully saturated rings. The molecule has 106 valence electrons. The van der Waals surface area contributed by atoms with E-state index in [1.54, 1.807) is 12.3 Å². The predicted octanol–water partition coefficient (Wildman–Crippen LogP) is 2.44. The van der Waals surface area contributed by atoms with E-state index >= 15 is 0 Å². The summed E-state index contributed by atoms with van der Waals surface area (Å²) in [5, 5.41) is 3.31. The number of likely N-dealkylation sites (N-methyl/N-ethyl adjacent to an activating group) is 1. The minimum atomic E-state index is -0.150. The second-order valence-corrected chi connectivity index (χ2v) is 5.72. The monoisotopic (exact) mass is 283 g/mol. The summed E-state index contributed by atoms with van der Waals surface area (Å²) in [6, 6.07) is 1.95. The van der Waals surface area contributed by atoms with Gasteiger partial charge in [-0.3, -0.25) is 9.78 Å². The van der Waals surface area contributed by atoms with E-state index in [4.69, 9.17) is 11.6 Å². The van der Waals surface area contributed by atoms with Gasteiger partial charge < -0.3 is 10.2 Å². The van der Waals surface area contributed by atoms with Crippen LogP contribution in [0.4, 0.5) is 0 Å². The van der Waals surface area contributed by atoms with Gasteiger partial charge >= 0.3 is 0 Å². The molecule has 0 aromatic carbocycles. The summed E-state index contributed by atoms with van der Waals surface area (Å²) in [6.45, 7) is 4.97. The van der Waals surface area contributed by atoms with Gasteiger partial charge in [0, 0.05) is 25.0 Å². The SMILES string of the molecule is CC(C)CC(CNC(=O)c1ccncc1Cl)N(C)C. The van der Waals surface area contributed by atoms with Crippen LogP contribution in [0.1, 0.15) is 30.6 Å². The van der Waals surface area contributed by atoms with Crippen LogP contribution >= 0.6 is 11.6 Å². The third kappa shape index (κ3) is 5.17. The zero-order chi connectivity index (χ0) is 14.4. The Kier molecular flexibility index (Phi) is 6.25. The lowest BCUT2D eigenvalue weighted by Crippen LogP contribution is -2.41. The Morgan fingerprint density at radius 1 is 1.47 bits per heavy atom. The average molecular weight is 284 g/mol. The van der Waals surface area contributed by atoms with Gasteiger partial charge in [0.05, 0.1) is 10.6 Å². The van der Waals surface area contributed by atoms with Crippen molar-refractivity contribution in [3.8, 4) is 0 Å². The van der Waals surface area contributed by atoms with Gasteiger partial charge in [-0.15, -0.1) is 0 Å². The fourth-order valence-electron chi connectivity index (χ4n) is 1.89. The Balaban J connectivity index is 2.60. The highest BCUT2D eigenvalue weighted by atomic mass is 35.5. The fourth-order valence-corrected chi connectivity index (χ4v) is 2.09. The van der Waals surface area contributed by atoms with Crippen LogP contribution in [0.15, 0.2) is 18.5 Å². The van der Waals surface area contributed by atoms with Crippen molar-refractivity contribution in [3.63, 3.8) is 0 Å². The Labute approximate surface area is 120 Å². The molecule has 1 unspecified atom stereocenters. The topological polar surface area (TPSA) is 45.2 Å². The summed E-state index contributed by atoms with van der Waals surface area (Å²) in [4.78, 5) is 18.0. The van der Waals surface area contributed by atoms with Gasteiger partial charge in [-0.25, -0.2) is 0 Å². The van der Waals surface area contributed by atoms with E-state index in [1.807, 2.05) is 14.1 Å². The summed E-state index contributed by atoms with van der Waals surface area (Å²) >= 11 is 5.95. The zero-order valence-corrected chi connectivity index (χ0v) is 12.7. The second-order valence-electron chi connectivity index (χ2n) is 5.31. The maximum Gasteiger partial charge on any atom is 0.252 e. The van der Waals surface area contributed by atoms with E-state index in [1.165, 1.54) is 6.20 Å². The third-order valence-electron chi connectivity index (χ3n) is 2.99. The molecule has 19 heavy (non-hydrogen) atoms. The van der Waals surface area contributed by atoms with E-state index in [0.29, 0.717) is 29.1 Å². The number of hydrogen-bond acceptors (Lipinski definition) is 3. The van der Waals surface area contributed by atoms with E-state index in [9.17, 15) is 4.79 Å². The van der Waals surface area contributed by atoms with E-state index in [0.717, 1.165) is 6.42 Å². The van der Waals surface area contributed by atoms with Gasteiger partial charge in [-0.1, -0.05) is 25.4 Å². The Morgan fingerprint density at radius 3 is 2.68 bits per heavy atom. The zero-order valence-electron chi connectivity index (χ0n) is 12.0. The van der Waals surface area contributed by atoms with Crippen LogP contribution in [0.25, 0.3) is 0 Å². The van der Waals surface area contributed by atoms with Crippen molar-refractivity contribution in [2.75, 3.05) is 20.6 Å². The molecular weight excluding hydrogens is 262 g/mol. The molecule has 1 heterocycles. The molecular formula is C14H22ClN3O. The van der Waals surface area contributed by atoms with Crippen molar-refractivity contribution in [1.82, 2.24) is 15.2 Å². The van der Waals surface area contributed by atoms with E-state index in [-0.39, 0.29) is 5.91 Å². The Hall–Kier alpha value is -1.13. The van der Waals surface area contributed by atoms with E-state index < -0.39 is 0 Å². The molecule has 0 bridgehead atoms. The third-order valence-corrected chi connectivity index (χ3v) is 3.29. The molecule has 5 heteroatoms. The molecule has 0 saturated carbocycles. The number of nitrogens with zero attached hydrogens (tertiary/aromatic N) is 2. The molecule has 0 radical (unpaired) electrons. The van der Waals surface area contributed by atoms with Gasteiger partial charge in [0.25, 0.3) is 5.91 Å². The molecule has 1 aromatic rings. The molecule has 1 rings (SSSR count). The van der Waals surface area contributed by atoms with Crippen molar-refractivity contribution < 1.29 is 4.79 Å². The second kappa shape index (κ2) is 7.46. The number of carbonyl (C=O) groups is 1. The standard InChI is InChI=1S/C14H22ClN3O/c1-10(2)7-11(18(3)4)8-17-14(19)12-5-6-16-9-13(12)15/h5-6,9-11H,7-8H2,1-4H3,(H,17,19). The summed E-state index contributed by atoms with van der Waals surface area (Å²) in [5.41, 5.74) is 0.471. The minimum absolute atomic E-state index is 0.150. The van der Waals surface area contributed by atoms with Crippen molar-refractivity contribution in [2.24, 2.45) is 5.92 Å². The summed E-state index contributed by atoms with van der Waals surface area (Å²) in [5.74, 6) is 0.442. The van der Waals surface area contributed by atoms with Crippen LogP contribution in [-0.4, -0.2) is 42.5 Å². The molecule has 0 aliphatic rings. The molecule has 0 saturated heterocycles. The lowest BCUT2D eigenvalue weighted by molar-refractivity contribution is 0.0938. The first-order valence-corrected chi connectivity index (χ1v) is 6.83. The Morgan fingerprint density at radius 2 is 2.16 bits per heavy atom. The highest BCUT2D eigenvalue weighted by molar-refractivity contribution is 6.33. The molecule has 0 aliphatic carbocycles. The lowest BCUT2D eigenvalue weighted by Gasteiger charge is -2.26. The first kappa shape index (κ1) is 15.9. The number of aromatic nitrogens is 1. The number of nitrogens with one attached hydrogen (secondary N) is 1. The van der Waals surface area contributed by atoms with Crippen molar-refractivity contribution >= 4 is 17.5 Å². The molecule has 0 aliphatic heterocycles. The Bertz CT molecular complexity index is 421. The van der Waals surface area contributed by atoms with Crippen molar-refractivity contribution in [2.45, 2.75) is 26.3 Å². The van der Waals surface area contributed by atoms with Gasteiger partial charge in [-0.05, 0) is 32.5 Å². The molecule has 1 amide bonds. The number of amides is 1. The predicted molar refractivity (Wildman–Crippen MR) is 78.5 cm³/mol. The lowest BCUT2D eigenvalue weighted by atomic mass is 10.0. The number of hydrogen-bond donors (Lipinski definition) is 1. The van der Waals surface area contributed by atoms with Crippen molar-refractivity contribution in [1.29, 1.82) is 0 Å². The van der Waals surface area contributed by atoms with Gasteiger partial charge in [-0.2, -0.15) is 0 Å². The maximum atomic E-state index is 12.0.